The fraction of sp³-hybridized carbons (Fsp3) is 0.500. The van der Waals surface area contributed by atoms with Crippen molar-refractivity contribution >= 4 is 6.29 Å². The Hall–Kier alpha value is -1.16. The van der Waals surface area contributed by atoms with Crippen LogP contribution in [0.4, 0.5) is 0 Å². The summed E-state index contributed by atoms with van der Waals surface area (Å²) in [5.41, 5.74) is 0. The molecule has 0 fully saturated rings. The summed E-state index contributed by atoms with van der Waals surface area (Å²) in [6, 6.07) is -0.107. The van der Waals surface area contributed by atoms with Gasteiger partial charge >= 0.3 is 0 Å². The van der Waals surface area contributed by atoms with E-state index in [4.69, 9.17) is 0 Å². The van der Waals surface area contributed by atoms with Crippen LogP contribution in [0, 0.1) is 0 Å². The van der Waals surface area contributed by atoms with Crippen LogP contribution in [0.1, 0.15) is 6.92 Å². The second-order valence-corrected chi connectivity index (χ2v) is 2.56. The third-order valence-corrected chi connectivity index (χ3v) is 1.60. The Bertz CT molecular complexity index is 220. The van der Waals surface area contributed by atoms with Gasteiger partial charge in [0.2, 0.25) is 0 Å². The molecule has 1 N–H and O–H groups in total. The maximum Gasteiger partial charge on any atom is 0.138 e. The summed E-state index contributed by atoms with van der Waals surface area (Å²) in [7, 11) is 0. The Kier molecular flexibility index (Phi) is 3.47. The topological polar surface area (TPSA) is 46.9 Å². The van der Waals surface area contributed by atoms with Crippen molar-refractivity contribution in [3.8, 4) is 0 Å². The number of carbonyl (C=O) groups is 1. The molecule has 12 heavy (non-hydrogen) atoms. The van der Waals surface area contributed by atoms with Gasteiger partial charge < -0.3 is 14.7 Å². The normalized spacial score (nSPS) is 12.8. The minimum absolute atomic E-state index is 0.107. The van der Waals surface area contributed by atoms with Gasteiger partial charge in [-0.05, 0) is 6.54 Å². The first kappa shape index (κ1) is 8.93. The van der Waals surface area contributed by atoms with E-state index in [9.17, 15) is 4.79 Å². The third-order valence-electron chi connectivity index (χ3n) is 1.60. The molecule has 0 amide bonds. The summed E-state index contributed by atoms with van der Waals surface area (Å²) in [5, 5.41) is 3.05. The maximum absolute atomic E-state index is 10.5. The van der Waals surface area contributed by atoms with E-state index >= 15 is 0 Å². The monoisotopic (exact) mass is 167 g/mol. The van der Waals surface area contributed by atoms with Crippen molar-refractivity contribution in [2.75, 3.05) is 6.54 Å². The lowest BCUT2D eigenvalue weighted by atomic mass is 10.3. The lowest BCUT2D eigenvalue weighted by Gasteiger charge is -2.10. The maximum atomic E-state index is 10.5. The van der Waals surface area contributed by atoms with E-state index in [0.717, 1.165) is 12.8 Å². The second kappa shape index (κ2) is 4.66. The van der Waals surface area contributed by atoms with Crippen molar-refractivity contribution in [3.05, 3.63) is 18.7 Å². The van der Waals surface area contributed by atoms with Crippen LogP contribution in [0.25, 0.3) is 0 Å². The van der Waals surface area contributed by atoms with E-state index in [0.29, 0.717) is 6.54 Å². The van der Waals surface area contributed by atoms with Gasteiger partial charge in [-0.1, -0.05) is 6.92 Å². The number of aromatic nitrogens is 2. The van der Waals surface area contributed by atoms with Crippen LogP contribution in [0.5, 0.6) is 0 Å². The van der Waals surface area contributed by atoms with Gasteiger partial charge in [-0.3, -0.25) is 0 Å². The van der Waals surface area contributed by atoms with Gasteiger partial charge in [0.05, 0.1) is 12.4 Å². The Morgan fingerprint density at radius 2 is 2.58 bits per heavy atom. The molecule has 0 aliphatic carbocycles. The quantitative estimate of drug-likeness (QED) is 0.631. The van der Waals surface area contributed by atoms with Gasteiger partial charge in [0, 0.05) is 18.9 Å². The van der Waals surface area contributed by atoms with Crippen molar-refractivity contribution in [1.29, 1.82) is 0 Å². The summed E-state index contributed by atoms with van der Waals surface area (Å²) < 4.78 is 1.88. The zero-order chi connectivity index (χ0) is 8.81. The molecule has 1 unspecified atom stereocenters. The van der Waals surface area contributed by atoms with Gasteiger partial charge in [0.15, 0.2) is 0 Å². The van der Waals surface area contributed by atoms with E-state index in [2.05, 4.69) is 10.3 Å². The number of nitrogens with one attached hydrogen (secondary N) is 1. The van der Waals surface area contributed by atoms with E-state index in [1.807, 2.05) is 17.7 Å². The number of carbonyl (C=O) groups excluding carboxylic acids is 1. The summed E-state index contributed by atoms with van der Waals surface area (Å²) in [4.78, 5) is 14.4. The number of aldehydes is 1. The van der Waals surface area contributed by atoms with Gasteiger partial charge in [0.1, 0.15) is 6.29 Å². The molecular weight excluding hydrogens is 154 g/mol. The molecule has 1 aromatic heterocycles. The molecule has 66 valence electrons. The van der Waals surface area contributed by atoms with Crippen LogP contribution in [-0.4, -0.2) is 28.4 Å². The summed E-state index contributed by atoms with van der Waals surface area (Å²) in [5.74, 6) is 0. The molecule has 4 nitrogen and oxygen atoms in total. The largest absolute Gasteiger partial charge is 0.335 e. The van der Waals surface area contributed by atoms with Crippen molar-refractivity contribution in [2.24, 2.45) is 0 Å². The van der Waals surface area contributed by atoms with Crippen LogP contribution < -0.4 is 5.32 Å². The Morgan fingerprint density at radius 1 is 1.75 bits per heavy atom. The average molecular weight is 167 g/mol. The third kappa shape index (κ3) is 2.47. The first-order valence-electron chi connectivity index (χ1n) is 4.01. The smallest absolute Gasteiger partial charge is 0.138 e. The minimum Gasteiger partial charge on any atom is -0.335 e. The number of rotatable bonds is 5. The molecular formula is C8H13N3O. The molecule has 0 spiro atoms. The fourth-order valence-corrected chi connectivity index (χ4v) is 1.04. The molecule has 1 aromatic rings. The molecule has 0 radical (unpaired) electrons. The number of likely N-dealkylation sites (N-methyl/N-ethyl adjacent to an activating group) is 1. The van der Waals surface area contributed by atoms with E-state index < -0.39 is 0 Å². The lowest BCUT2D eigenvalue weighted by molar-refractivity contribution is -0.109. The van der Waals surface area contributed by atoms with Crippen molar-refractivity contribution in [1.82, 2.24) is 14.9 Å². The van der Waals surface area contributed by atoms with Crippen molar-refractivity contribution in [3.63, 3.8) is 0 Å². The number of imidazole rings is 1. The van der Waals surface area contributed by atoms with Crippen LogP contribution in [0.2, 0.25) is 0 Å². The van der Waals surface area contributed by atoms with Crippen LogP contribution in [0.3, 0.4) is 0 Å². The standard InChI is InChI=1S/C8H13N3O/c1-2-10-8(6-12)5-11-4-3-9-7-11/h3-4,6-8,10H,2,5H2,1H3. The summed E-state index contributed by atoms with van der Waals surface area (Å²) in [6.07, 6.45) is 6.17. The van der Waals surface area contributed by atoms with E-state index in [-0.39, 0.29) is 6.04 Å². The summed E-state index contributed by atoms with van der Waals surface area (Å²) >= 11 is 0. The highest BCUT2D eigenvalue weighted by atomic mass is 16.1. The molecule has 0 saturated carbocycles. The predicted molar refractivity (Wildman–Crippen MR) is 45.8 cm³/mol. The predicted octanol–water partition coefficient (Wildman–Crippen LogP) is 0.0601. The lowest BCUT2D eigenvalue weighted by Crippen LogP contribution is -2.34. The molecule has 0 aliphatic rings. The zero-order valence-corrected chi connectivity index (χ0v) is 7.10. The van der Waals surface area contributed by atoms with Crippen molar-refractivity contribution < 1.29 is 4.79 Å². The fourth-order valence-electron chi connectivity index (χ4n) is 1.04. The first-order valence-corrected chi connectivity index (χ1v) is 4.01. The second-order valence-electron chi connectivity index (χ2n) is 2.56. The molecule has 0 aromatic carbocycles. The van der Waals surface area contributed by atoms with E-state index in [1.54, 1.807) is 12.5 Å². The highest BCUT2D eigenvalue weighted by molar-refractivity contribution is 5.57. The van der Waals surface area contributed by atoms with Gasteiger partial charge in [-0.25, -0.2) is 4.98 Å². The number of hydrogen-bond donors (Lipinski definition) is 1. The zero-order valence-electron chi connectivity index (χ0n) is 7.10. The van der Waals surface area contributed by atoms with Crippen LogP contribution in [0.15, 0.2) is 18.7 Å². The average Bonchev–Trinajstić information content (AvgIpc) is 2.56. The first-order chi connectivity index (χ1) is 5.86. The van der Waals surface area contributed by atoms with Gasteiger partial charge in [-0.15, -0.1) is 0 Å². The highest BCUT2D eigenvalue weighted by Gasteiger charge is 2.04. The molecule has 1 heterocycles. The van der Waals surface area contributed by atoms with Gasteiger partial charge in [-0.2, -0.15) is 0 Å². The molecule has 1 atom stereocenters. The van der Waals surface area contributed by atoms with E-state index in [1.165, 1.54) is 0 Å². The Balaban J connectivity index is 2.42. The SMILES string of the molecule is CCNC(C=O)Cn1ccnc1. The molecule has 0 aliphatic heterocycles. The van der Waals surface area contributed by atoms with Crippen LogP contribution >= 0.6 is 0 Å². The molecule has 1 rings (SSSR count). The molecule has 4 heteroatoms. The van der Waals surface area contributed by atoms with Gasteiger partial charge in [0.25, 0.3) is 0 Å². The van der Waals surface area contributed by atoms with Crippen molar-refractivity contribution in [2.45, 2.75) is 19.5 Å². The number of nitrogens with zero attached hydrogens (tertiary/aromatic N) is 2. The Labute approximate surface area is 71.6 Å². The minimum atomic E-state index is -0.107. The number of hydrogen-bond acceptors (Lipinski definition) is 3. The molecule has 0 saturated heterocycles. The molecule has 0 bridgehead atoms. The Morgan fingerprint density at radius 3 is 3.08 bits per heavy atom. The summed E-state index contributed by atoms with van der Waals surface area (Å²) in [6.45, 7) is 3.43. The van der Waals surface area contributed by atoms with Crippen LogP contribution in [-0.2, 0) is 11.3 Å². The highest BCUT2D eigenvalue weighted by Crippen LogP contribution is 1.89.